The molecule has 6 nitrogen and oxygen atoms in total. The zero-order chi connectivity index (χ0) is 13.8. The van der Waals surface area contributed by atoms with E-state index in [2.05, 4.69) is 10.3 Å². The third-order valence-corrected chi connectivity index (χ3v) is 2.52. The summed E-state index contributed by atoms with van der Waals surface area (Å²) < 4.78 is 0. The quantitative estimate of drug-likeness (QED) is 0.652. The average Bonchev–Trinajstić information content (AvgIpc) is 2.36. The van der Waals surface area contributed by atoms with Gasteiger partial charge in [0.05, 0.1) is 5.56 Å². The molecule has 0 fully saturated rings. The average molecular weight is 260 g/mol. The first kappa shape index (κ1) is 12.7. The van der Waals surface area contributed by atoms with Crippen molar-refractivity contribution in [2.24, 2.45) is 0 Å². The van der Waals surface area contributed by atoms with Crippen molar-refractivity contribution < 1.29 is 15.0 Å². The predicted octanol–water partition coefficient (Wildman–Crippen LogP) is 0.716. The molecular formula is C13H12N2O4. The predicted molar refractivity (Wildman–Crippen MR) is 68.0 cm³/mol. The van der Waals surface area contributed by atoms with Gasteiger partial charge in [-0.3, -0.25) is 14.6 Å². The van der Waals surface area contributed by atoms with Crippen molar-refractivity contribution in [3.05, 3.63) is 57.9 Å². The van der Waals surface area contributed by atoms with Crippen LogP contribution in [0.1, 0.15) is 15.9 Å². The summed E-state index contributed by atoms with van der Waals surface area (Å²) in [6.07, 6.45) is 0. The monoisotopic (exact) mass is 260 g/mol. The largest absolute Gasteiger partial charge is 0.508 e. The van der Waals surface area contributed by atoms with Crippen LogP contribution in [0.2, 0.25) is 0 Å². The molecule has 0 saturated carbocycles. The highest BCUT2D eigenvalue weighted by Gasteiger charge is 2.08. The summed E-state index contributed by atoms with van der Waals surface area (Å²) in [4.78, 5) is 25.0. The smallest absolute Gasteiger partial charge is 0.251 e. The van der Waals surface area contributed by atoms with Crippen molar-refractivity contribution in [1.29, 1.82) is 0 Å². The summed E-state index contributed by atoms with van der Waals surface area (Å²) in [5.74, 6) is -0.804. The Morgan fingerprint density at radius 2 is 1.95 bits per heavy atom. The van der Waals surface area contributed by atoms with Gasteiger partial charge in [-0.1, -0.05) is 18.2 Å². The van der Waals surface area contributed by atoms with Gasteiger partial charge in [0, 0.05) is 24.2 Å². The topological polar surface area (TPSA) is 102 Å². The normalized spacial score (nSPS) is 10.1. The van der Waals surface area contributed by atoms with E-state index in [9.17, 15) is 19.8 Å². The lowest BCUT2D eigenvalue weighted by atomic mass is 10.2. The van der Waals surface area contributed by atoms with Crippen LogP contribution >= 0.6 is 0 Å². The number of carbonyl (C=O) groups is 1. The van der Waals surface area contributed by atoms with Crippen LogP contribution in [0.4, 0.5) is 0 Å². The van der Waals surface area contributed by atoms with Crippen molar-refractivity contribution in [3.63, 3.8) is 0 Å². The lowest BCUT2D eigenvalue weighted by molar-refractivity contribution is 0.0950. The first-order chi connectivity index (χ1) is 9.06. The Morgan fingerprint density at radius 1 is 1.21 bits per heavy atom. The van der Waals surface area contributed by atoms with E-state index < -0.39 is 11.5 Å². The van der Waals surface area contributed by atoms with E-state index in [1.165, 1.54) is 6.07 Å². The lowest BCUT2D eigenvalue weighted by Crippen LogP contribution is -2.24. The Bertz CT molecular complexity index is 664. The molecule has 2 rings (SSSR count). The molecule has 0 saturated heterocycles. The van der Waals surface area contributed by atoms with Gasteiger partial charge >= 0.3 is 0 Å². The number of hydrogen-bond donors (Lipinski definition) is 4. The Balaban J connectivity index is 2.10. The molecule has 4 N–H and O–H groups in total. The Morgan fingerprint density at radius 3 is 2.63 bits per heavy atom. The van der Waals surface area contributed by atoms with Gasteiger partial charge in [-0.2, -0.15) is 0 Å². The van der Waals surface area contributed by atoms with Crippen molar-refractivity contribution in [3.8, 4) is 11.6 Å². The van der Waals surface area contributed by atoms with Gasteiger partial charge in [-0.25, -0.2) is 0 Å². The maximum absolute atomic E-state index is 11.8. The van der Waals surface area contributed by atoms with Gasteiger partial charge in [0.15, 0.2) is 5.88 Å². The van der Waals surface area contributed by atoms with Crippen LogP contribution in [0.3, 0.4) is 0 Å². The van der Waals surface area contributed by atoms with E-state index in [1.807, 2.05) is 0 Å². The second-order valence-electron chi connectivity index (χ2n) is 3.93. The van der Waals surface area contributed by atoms with Crippen LogP contribution in [-0.2, 0) is 6.54 Å². The molecule has 2 aromatic rings. The molecule has 98 valence electrons. The third kappa shape index (κ3) is 3.12. The van der Waals surface area contributed by atoms with Gasteiger partial charge in [-0.15, -0.1) is 0 Å². The van der Waals surface area contributed by atoms with Gasteiger partial charge in [-0.05, 0) is 6.07 Å². The van der Waals surface area contributed by atoms with E-state index in [0.717, 1.165) is 12.1 Å². The summed E-state index contributed by atoms with van der Waals surface area (Å²) in [6.45, 7) is 0.124. The van der Waals surface area contributed by atoms with Crippen LogP contribution in [0.5, 0.6) is 11.6 Å². The summed E-state index contributed by atoms with van der Waals surface area (Å²) in [7, 11) is 0. The van der Waals surface area contributed by atoms with Gasteiger partial charge < -0.3 is 15.5 Å². The molecule has 0 aliphatic rings. The third-order valence-electron chi connectivity index (χ3n) is 2.52. The van der Waals surface area contributed by atoms with Crippen LogP contribution in [0, 0.1) is 0 Å². The van der Waals surface area contributed by atoms with Gasteiger partial charge in [0.2, 0.25) is 0 Å². The van der Waals surface area contributed by atoms with E-state index in [4.69, 9.17) is 0 Å². The van der Waals surface area contributed by atoms with E-state index >= 15 is 0 Å². The SMILES string of the molecule is O=C(NCc1ccccc1O)c1cc(O)[nH]c(=O)c1. The molecular weight excluding hydrogens is 248 g/mol. The Kier molecular flexibility index (Phi) is 3.51. The van der Waals surface area contributed by atoms with Crippen molar-refractivity contribution in [2.45, 2.75) is 6.54 Å². The fourth-order valence-corrected chi connectivity index (χ4v) is 1.60. The standard InChI is InChI=1S/C13H12N2O4/c16-10-4-2-1-3-8(10)7-14-13(19)9-5-11(17)15-12(18)6-9/h1-6,16H,7H2,(H,14,19)(H2,15,17,18). The highest BCUT2D eigenvalue weighted by atomic mass is 16.3. The molecule has 0 unspecified atom stereocenters. The molecule has 6 heteroatoms. The van der Waals surface area contributed by atoms with E-state index in [-0.39, 0.29) is 23.7 Å². The minimum Gasteiger partial charge on any atom is -0.508 e. The first-order valence-electron chi connectivity index (χ1n) is 5.54. The Hall–Kier alpha value is -2.76. The van der Waals surface area contributed by atoms with Gasteiger partial charge in [0.25, 0.3) is 11.5 Å². The molecule has 1 aromatic heterocycles. The number of aromatic nitrogens is 1. The molecule has 0 bridgehead atoms. The van der Waals surface area contributed by atoms with Crippen LogP contribution in [-0.4, -0.2) is 21.1 Å². The zero-order valence-corrected chi connectivity index (χ0v) is 9.88. The molecule has 0 atom stereocenters. The number of nitrogens with one attached hydrogen (secondary N) is 2. The molecule has 0 spiro atoms. The second-order valence-corrected chi connectivity index (χ2v) is 3.93. The number of pyridine rings is 1. The number of hydrogen-bond acceptors (Lipinski definition) is 4. The van der Waals surface area contributed by atoms with E-state index in [0.29, 0.717) is 5.56 Å². The zero-order valence-electron chi connectivity index (χ0n) is 9.88. The highest BCUT2D eigenvalue weighted by molar-refractivity contribution is 5.94. The number of aromatic amines is 1. The number of phenols is 1. The van der Waals surface area contributed by atoms with Gasteiger partial charge in [0.1, 0.15) is 5.75 Å². The maximum Gasteiger partial charge on any atom is 0.251 e. The molecule has 1 amide bonds. The molecule has 19 heavy (non-hydrogen) atoms. The number of carbonyl (C=O) groups excluding carboxylic acids is 1. The fraction of sp³-hybridized carbons (Fsp3) is 0.0769. The molecule has 0 radical (unpaired) electrons. The summed E-state index contributed by atoms with van der Waals surface area (Å²) in [5.41, 5.74) is 0.0503. The Labute approximate surface area is 108 Å². The number of para-hydroxylation sites is 1. The van der Waals surface area contributed by atoms with Crippen LogP contribution in [0.15, 0.2) is 41.2 Å². The first-order valence-corrected chi connectivity index (χ1v) is 5.54. The van der Waals surface area contributed by atoms with Crippen molar-refractivity contribution >= 4 is 5.91 Å². The molecule has 0 aliphatic carbocycles. The molecule has 1 aromatic carbocycles. The number of benzene rings is 1. The van der Waals surface area contributed by atoms with Crippen LogP contribution in [0.25, 0.3) is 0 Å². The highest BCUT2D eigenvalue weighted by Crippen LogP contribution is 2.15. The fourth-order valence-electron chi connectivity index (χ4n) is 1.60. The van der Waals surface area contributed by atoms with Crippen molar-refractivity contribution in [2.75, 3.05) is 0 Å². The number of aromatic hydroxyl groups is 2. The summed E-state index contributed by atoms with van der Waals surface area (Å²) in [6, 6.07) is 8.84. The molecule has 0 aliphatic heterocycles. The minimum absolute atomic E-state index is 0.0525. The minimum atomic E-state index is -0.562. The van der Waals surface area contributed by atoms with E-state index in [1.54, 1.807) is 18.2 Å². The van der Waals surface area contributed by atoms with Crippen molar-refractivity contribution in [1.82, 2.24) is 10.3 Å². The lowest BCUT2D eigenvalue weighted by Gasteiger charge is -2.07. The number of phenolic OH excluding ortho intramolecular Hbond substituents is 1. The second kappa shape index (κ2) is 5.26. The maximum atomic E-state index is 11.8. The molecule has 1 heterocycles. The summed E-state index contributed by atoms with van der Waals surface area (Å²) >= 11 is 0. The summed E-state index contributed by atoms with van der Waals surface area (Å²) in [5, 5.41) is 21.3. The number of H-pyrrole nitrogens is 1. The number of rotatable bonds is 3. The number of amides is 1. The van der Waals surface area contributed by atoms with Crippen LogP contribution < -0.4 is 10.9 Å².